The Morgan fingerprint density at radius 2 is 1.80 bits per heavy atom. The van der Waals surface area contributed by atoms with Crippen LogP contribution in [0.3, 0.4) is 0 Å². The lowest BCUT2D eigenvalue weighted by Gasteiger charge is -2.22. The Hall–Kier alpha value is -0.920. The van der Waals surface area contributed by atoms with Gasteiger partial charge in [-0.05, 0) is 33.8 Å². The van der Waals surface area contributed by atoms with Crippen LogP contribution in [-0.2, 0) is 14.8 Å². The van der Waals surface area contributed by atoms with E-state index in [1.54, 1.807) is 17.9 Å². The minimum atomic E-state index is -3.60. The average molecular weight is 318 g/mol. The van der Waals surface area contributed by atoms with Crippen molar-refractivity contribution >= 4 is 27.3 Å². The van der Waals surface area contributed by atoms with Crippen LogP contribution in [0.2, 0.25) is 0 Å². The molecule has 0 spiro atoms. The van der Waals surface area contributed by atoms with E-state index in [-0.39, 0.29) is 12.5 Å². The third-order valence-electron chi connectivity index (χ3n) is 3.16. The number of carbonyl (C=O) groups is 1. The fourth-order valence-electron chi connectivity index (χ4n) is 1.98. The summed E-state index contributed by atoms with van der Waals surface area (Å²) < 4.78 is 26.1. The standard InChI is InChI=1S/C13H22N2O3S2/c1-6-15(7-2)13(16)9-14(5)20(17,18)12-8-10(3)19-11(12)4/h8H,6-7,9H2,1-5H3. The molecule has 0 fully saturated rings. The molecule has 1 amide bonds. The zero-order chi connectivity index (χ0) is 15.5. The maximum Gasteiger partial charge on any atom is 0.244 e. The van der Waals surface area contributed by atoms with Crippen LogP contribution in [0.4, 0.5) is 0 Å². The van der Waals surface area contributed by atoms with Gasteiger partial charge >= 0.3 is 0 Å². The molecule has 1 heterocycles. The van der Waals surface area contributed by atoms with Crippen LogP contribution < -0.4 is 0 Å². The molecule has 0 aromatic carbocycles. The van der Waals surface area contributed by atoms with Crippen LogP contribution in [0, 0.1) is 13.8 Å². The number of amides is 1. The molecule has 0 unspecified atom stereocenters. The van der Waals surface area contributed by atoms with Gasteiger partial charge in [-0.15, -0.1) is 11.3 Å². The van der Waals surface area contributed by atoms with Gasteiger partial charge in [0.2, 0.25) is 15.9 Å². The summed E-state index contributed by atoms with van der Waals surface area (Å²) in [5.74, 6) is -0.175. The van der Waals surface area contributed by atoms with E-state index in [0.717, 1.165) is 14.1 Å². The van der Waals surface area contributed by atoms with E-state index in [1.807, 2.05) is 20.8 Å². The lowest BCUT2D eigenvalue weighted by Crippen LogP contribution is -2.41. The van der Waals surface area contributed by atoms with Gasteiger partial charge in [-0.1, -0.05) is 0 Å². The van der Waals surface area contributed by atoms with Gasteiger partial charge in [0, 0.05) is 29.9 Å². The van der Waals surface area contributed by atoms with Gasteiger partial charge in [-0.2, -0.15) is 4.31 Å². The molecule has 20 heavy (non-hydrogen) atoms. The van der Waals surface area contributed by atoms with Crippen molar-refractivity contribution in [2.75, 3.05) is 26.7 Å². The largest absolute Gasteiger partial charge is 0.342 e. The highest BCUT2D eigenvalue weighted by molar-refractivity contribution is 7.89. The van der Waals surface area contributed by atoms with Gasteiger partial charge in [0.05, 0.1) is 11.4 Å². The van der Waals surface area contributed by atoms with Crippen molar-refractivity contribution in [2.45, 2.75) is 32.6 Å². The SMILES string of the molecule is CCN(CC)C(=O)CN(C)S(=O)(=O)c1cc(C)sc1C. The van der Waals surface area contributed by atoms with Crippen LogP contribution in [0.15, 0.2) is 11.0 Å². The molecule has 0 atom stereocenters. The molecule has 5 nitrogen and oxygen atoms in total. The molecular weight excluding hydrogens is 296 g/mol. The number of aryl methyl sites for hydroxylation is 2. The number of thiophene rings is 1. The highest BCUT2D eigenvalue weighted by Crippen LogP contribution is 2.27. The third kappa shape index (κ3) is 3.59. The molecule has 0 N–H and O–H groups in total. The Bertz CT molecular complexity index is 574. The predicted octanol–water partition coefficient (Wildman–Crippen LogP) is 1.85. The molecule has 0 aliphatic carbocycles. The Kier molecular flexibility index (Phi) is 5.73. The van der Waals surface area contributed by atoms with Crippen LogP contribution in [0.1, 0.15) is 23.6 Å². The second-order valence-electron chi connectivity index (χ2n) is 4.60. The second-order valence-corrected chi connectivity index (χ2v) is 8.08. The monoisotopic (exact) mass is 318 g/mol. The number of hydrogen-bond donors (Lipinski definition) is 0. The molecule has 0 bridgehead atoms. The molecule has 0 aliphatic rings. The highest BCUT2D eigenvalue weighted by Gasteiger charge is 2.27. The number of hydrogen-bond acceptors (Lipinski definition) is 4. The topological polar surface area (TPSA) is 57.7 Å². The molecular formula is C13H22N2O3S2. The van der Waals surface area contributed by atoms with Crippen LogP contribution in [0.5, 0.6) is 0 Å². The zero-order valence-corrected chi connectivity index (χ0v) is 14.3. The van der Waals surface area contributed by atoms with Crippen LogP contribution in [-0.4, -0.2) is 50.2 Å². The summed E-state index contributed by atoms with van der Waals surface area (Å²) in [4.78, 5) is 15.6. The number of sulfonamides is 1. The average Bonchev–Trinajstić information content (AvgIpc) is 2.70. The Morgan fingerprint density at radius 3 is 2.20 bits per heavy atom. The summed E-state index contributed by atoms with van der Waals surface area (Å²) in [5, 5.41) is 0. The van der Waals surface area contributed by atoms with Gasteiger partial charge in [0.25, 0.3) is 0 Å². The number of likely N-dealkylation sites (N-methyl/N-ethyl adjacent to an activating group) is 2. The Morgan fingerprint density at radius 1 is 1.25 bits per heavy atom. The molecule has 1 aromatic rings. The summed E-state index contributed by atoms with van der Waals surface area (Å²) in [6.45, 7) is 8.45. The first kappa shape index (κ1) is 17.1. The summed E-state index contributed by atoms with van der Waals surface area (Å²) in [6.07, 6.45) is 0. The van der Waals surface area contributed by atoms with E-state index in [4.69, 9.17) is 0 Å². The fraction of sp³-hybridized carbons (Fsp3) is 0.615. The van der Waals surface area contributed by atoms with Crippen molar-refractivity contribution in [1.29, 1.82) is 0 Å². The molecule has 114 valence electrons. The van der Waals surface area contributed by atoms with E-state index >= 15 is 0 Å². The van der Waals surface area contributed by atoms with Crippen LogP contribution >= 0.6 is 11.3 Å². The van der Waals surface area contributed by atoms with Gasteiger partial charge in [-0.25, -0.2) is 8.42 Å². The predicted molar refractivity (Wildman–Crippen MR) is 81.5 cm³/mol. The second kappa shape index (κ2) is 6.69. The van der Waals surface area contributed by atoms with Crippen LogP contribution in [0.25, 0.3) is 0 Å². The van der Waals surface area contributed by atoms with Gasteiger partial charge in [0.15, 0.2) is 0 Å². The lowest BCUT2D eigenvalue weighted by atomic mass is 10.4. The summed E-state index contributed by atoms with van der Waals surface area (Å²) in [5.41, 5.74) is 0. The maximum absolute atomic E-state index is 12.5. The normalized spacial score (nSPS) is 11.9. The molecule has 0 radical (unpaired) electrons. The molecule has 0 aliphatic heterocycles. The van der Waals surface area contributed by atoms with Gasteiger partial charge < -0.3 is 4.90 Å². The van der Waals surface area contributed by atoms with E-state index in [0.29, 0.717) is 18.0 Å². The van der Waals surface area contributed by atoms with Crippen molar-refractivity contribution < 1.29 is 13.2 Å². The zero-order valence-electron chi connectivity index (χ0n) is 12.6. The summed E-state index contributed by atoms with van der Waals surface area (Å²) >= 11 is 1.45. The quantitative estimate of drug-likeness (QED) is 0.804. The number of rotatable bonds is 6. The third-order valence-corrected chi connectivity index (χ3v) is 6.18. The van der Waals surface area contributed by atoms with Crippen molar-refractivity contribution in [3.05, 3.63) is 15.8 Å². The molecule has 0 saturated carbocycles. The van der Waals surface area contributed by atoms with E-state index < -0.39 is 10.0 Å². The van der Waals surface area contributed by atoms with E-state index in [9.17, 15) is 13.2 Å². The highest BCUT2D eigenvalue weighted by atomic mass is 32.2. The molecule has 7 heteroatoms. The van der Waals surface area contributed by atoms with Crippen molar-refractivity contribution in [2.24, 2.45) is 0 Å². The van der Waals surface area contributed by atoms with E-state index in [2.05, 4.69) is 0 Å². The smallest absolute Gasteiger partial charge is 0.244 e. The number of carbonyl (C=O) groups excluding carboxylic acids is 1. The molecule has 0 saturated heterocycles. The number of nitrogens with zero attached hydrogens (tertiary/aromatic N) is 2. The Balaban J connectivity index is 2.94. The molecule has 1 aromatic heterocycles. The fourth-order valence-corrected chi connectivity index (χ4v) is 4.62. The lowest BCUT2D eigenvalue weighted by molar-refractivity contribution is -0.130. The Labute approximate surface area is 125 Å². The van der Waals surface area contributed by atoms with Gasteiger partial charge in [0.1, 0.15) is 0 Å². The summed E-state index contributed by atoms with van der Waals surface area (Å²) in [6, 6.07) is 1.66. The van der Waals surface area contributed by atoms with Crippen molar-refractivity contribution in [3.8, 4) is 0 Å². The molecule has 1 rings (SSSR count). The maximum atomic E-state index is 12.5. The minimum Gasteiger partial charge on any atom is -0.342 e. The summed E-state index contributed by atoms with van der Waals surface area (Å²) in [7, 11) is -2.15. The first-order valence-electron chi connectivity index (χ1n) is 6.55. The van der Waals surface area contributed by atoms with E-state index in [1.165, 1.54) is 18.4 Å². The van der Waals surface area contributed by atoms with Gasteiger partial charge in [-0.3, -0.25) is 4.79 Å². The van der Waals surface area contributed by atoms with Crippen molar-refractivity contribution in [1.82, 2.24) is 9.21 Å². The first-order chi connectivity index (χ1) is 9.23. The minimum absolute atomic E-state index is 0.127. The van der Waals surface area contributed by atoms with Crippen molar-refractivity contribution in [3.63, 3.8) is 0 Å². The first-order valence-corrected chi connectivity index (χ1v) is 8.80.